The molecule has 0 aromatic carbocycles. The van der Waals surface area contributed by atoms with E-state index in [1.165, 1.54) is 12.8 Å². The van der Waals surface area contributed by atoms with Crippen molar-refractivity contribution in [2.75, 3.05) is 0 Å². The molecule has 1 heteroatoms. The SMILES string of the molecule is CCC(CC)NC1C(C)(C)C1(C)C. The van der Waals surface area contributed by atoms with Crippen molar-refractivity contribution in [1.82, 2.24) is 5.32 Å². The van der Waals surface area contributed by atoms with Crippen LogP contribution in [0.15, 0.2) is 0 Å². The fourth-order valence-electron chi connectivity index (χ4n) is 2.37. The molecule has 13 heavy (non-hydrogen) atoms. The zero-order valence-corrected chi connectivity index (χ0v) is 10.1. The Hall–Kier alpha value is -0.0400. The fourth-order valence-corrected chi connectivity index (χ4v) is 2.37. The van der Waals surface area contributed by atoms with Crippen LogP contribution in [0.2, 0.25) is 0 Å². The summed E-state index contributed by atoms with van der Waals surface area (Å²) in [5, 5.41) is 3.77. The third-order valence-electron chi connectivity index (χ3n) is 4.41. The van der Waals surface area contributed by atoms with Crippen molar-refractivity contribution in [3.63, 3.8) is 0 Å². The number of hydrogen-bond donors (Lipinski definition) is 1. The quantitative estimate of drug-likeness (QED) is 0.706. The first-order chi connectivity index (χ1) is 5.87. The molecule has 1 aliphatic carbocycles. The predicted octanol–water partition coefficient (Wildman–Crippen LogP) is 3.20. The summed E-state index contributed by atoms with van der Waals surface area (Å²) in [6, 6.07) is 1.43. The molecule has 1 N–H and O–H groups in total. The molecule has 0 amide bonds. The van der Waals surface area contributed by atoms with E-state index < -0.39 is 0 Å². The predicted molar refractivity (Wildman–Crippen MR) is 58.9 cm³/mol. The van der Waals surface area contributed by atoms with Gasteiger partial charge >= 0.3 is 0 Å². The van der Waals surface area contributed by atoms with E-state index in [0.29, 0.717) is 22.9 Å². The molecular formula is C12H25N. The van der Waals surface area contributed by atoms with E-state index in [2.05, 4.69) is 46.9 Å². The van der Waals surface area contributed by atoms with Gasteiger partial charge in [-0.15, -0.1) is 0 Å². The van der Waals surface area contributed by atoms with Gasteiger partial charge in [0.15, 0.2) is 0 Å². The second-order valence-electron chi connectivity index (χ2n) is 5.56. The van der Waals surface area contributed by atoms with Crippen molar-refractivity contribution >= 4 is 0 Å². The van der Waals surface area contributed by atoms with Crippen LogP contribution in [0.5, 0.6) is 0 Å². The summed E-state index contributed by atoms with van der Waals surface area (Å²) in [7, 11) is 0. The molecule has 0 aliphatic heterocycles. The zero-order chi connectivity index (χ0) is 10.3. The highest BCUT2D eigenvalue weighted by Crippen LogP contribution is 2.62. The van der Waals surface area contributed by atoms with Crippen LogP contribution in [0.4, 0.5) is 0 Å². The van der Waals surface area contributed by atoms with Gasteiger partial charge in [-0.25, -0.2) is 0 Å². The van der Waals surface area contributed by atoms with Gasteiger partial charge in [0, 0.05) is 12.1 Å². The first kappa shape index (κ1) is 11.0. The minimum Gasteiger partial charge on any atom is -0.310 e. The lowest BCUT2D eigenvalue weighted by Gasteiger charge is -2.16. The third-order valence-corrected chi connectivity index (χ3v) is 4.41. The normalized spacial score (nSPS) is 25.2. The molecule has 1 nitrogen and oxygen atoms in total. The second-order valence-corrected chi connectivity index (χ2v) is 5.56. The summed E-state index contributed by atoms with van der Waals surface area (Å²) in [4.78, 5) is 0. The minimum absolute atomic E-state index is 0.482. The first-order valence-corrected chi connectivity index (χ1v) is 5.64. The van der Waals surface area contributed by atoms with E-state index in [1.807, 2.05) is 0 Å². The molecule has 0 heterocycles. The topological polar surface area (TPSA) is 12.0 Å². The first-order valence-electron chi connectivity index (χ1n) is 5.64. The highest BCUT2D eigenvalue weighted by Gasteiger charge is 2.64. The van der Waals surface area contributed by atoms with Gasteiger partial charge in [-0.2, -0.15) is 0 Å². The maximum Gasteiger partial charge on any atom is 0.0183 e. The van der Waals surface area contributed by atoms with Crippen molar-refractivity contribution in [3.8, 4) is 0 Å². The Bertz CT molecular complexity index is 164. The molecule has 0 aromatic heterocycles. The van der Waals surface area contributed by atoms with Gasteiger partial charge in [0.1, 0.15) is 0 Å². The van der Waals surface area contributed by atoms with E-state index in [-0.39, 0.29) is 0 Å². The van der Waals surface area contributed by atoms with Crippen molar-refractivity contribution in [2.24, 2.45) is 10.8 Å². The van der Waals surface area contributed by atoms with Gasteiger partial charge in [0.2, 0.25) is 0 Å². The Morgan fingerprint density at radius 3 is 1.62 bits per heavy atom. The van der Waals surface area contributed by atoms with Crippen LogP contribution < -0.4 is 5.32 Å². The lowest BCUT2D eigenvalue weighted by molar-refractivity contribution is 0.438. The summed E-state index contributed by atoms with van der Waals surface area (Å²) < 4.78 is 0. The van der Waals surface area contributed by atoms with E-state index in [0.717, 1.165) is 0 Å². The van der Waals surface area contributed by atoms with Crippen molar-refractivity contribution in [1.29, 1.82) is 0 Å². The highest BCUT2D eigenvalue weighted by atomic mass is 15.1. The van der Waals surface area contributed by atoms with Crippen LogP contribution in [0.3, 0.4) is 0 Å². The molecule has 0 spiro atoms. The molecule has 0 atom stereocenters. The third kappa shape index (κ3) is 1.63. The van der Waals surface area contributed by atoms with Gasteiger partial charge in [-0.1, -0.05) is 41.5 Å². The van der Waals surface area contributed by atoms with Gasteiger partial charge in [0.25, 0.3) is 0 Å². The fraction of sp³-hybridized carbons (Fsp3) is 1.00. The maximum absolute atomic E-state index is 3.77. The molecule has 0 saturated heterocycles. The van der Waals surface area contributed by atoms with Gasteiger partial charge in [-0.3, -0.25) is 0 Å². The molecule has 1 rings (SSSR count). The lowest BCUT2D eigenvalue weighted by atomic mass is 10.0. The highest BCUT2D eigenvalue weighted by molar-refractivity contribution is 5.18. The smallest absolute Gasteiger partial charge is 0.0183 e. The van der Waals surface area contributed by atoms with Crippen LogP contribution in [0, 0.1) is 10.8 Å². The number of hydrogen-bond acceptors (Lipinski definition) is 1. The largest absolute Gasteiger partial charge is 0.310 e. The lowest BCUT2D eigenvalue weighted by Crippen LogP contribution is -2.33. The van der Waals surface area contributed by atoms with Crippen molar-refractivity contribution in [2.45, 2.75) is 66.5 Å². The van der Waals surface area contributed by atoms with E-state index in [4.69, 9.17) is 0 Å². The van der Waals surface area contributed by atoms with E-state index in [1.54, 1.807) is 0 Å². The molecule has 0 radical (unpaired) electrons. The van der Waals surface area contributed by atoms with Crippen molar-refractivity contribution in [3.05, 3.63) is 0 Å². The van der Waals surface area contributed by atoms with Gasteiger partial charge in [-0.05, 0) is 23.7 Å². The average Bonchev–Trinajstić information content (AvgIpc) is 2.41. The zero-order valence-electron chi connectivity index (χ0n) is 10.1. The van der Waals surface area contributed by atoms with Crippen LogP contribution in [-0.4, -0.2) is 12.1 Å². The molecule has 1 saturated carbocycles. The average molecular weight is 183 g/mol. The Kier molecular flexibility index (Phi) is 2.78. The molecule has 1 aliphatic rings. The Morgan fingerprint density at radius 2 is 1.38 bits per heavy atom. The van der Waals surface area contributed by atoms with Crippen LogP contribution in [0.25, 0.3) is 0 Å². The van der Waals surface area contributed by atoms with Crippen molar-refractivity contribution < 1.29 is 0 Å². The molecule has 1 fully saturated rings. The van der Waals surface area contributed by atoms with Gasteiger partial charge in [0.05, 0.1) is 0 Å². The molecule has 0 aromatic rings. The summed E-state index contributed by atoms with van der Waals surface area (Å²) >= 11 is 0. The monoisotopic (exact) mass is 183 g/mol. The summed E-state index contributed by atoms with van der Waals surface area (Å²) in [5.41, 5.74) is 0.963. The minimum atomic E-state index is 0.482. The van der Waals surface area contributed by atoms with Crippen LogP contribution in [-0.2, 0) is 0 Å². The van der Waals surface area contributed by atoms with E-state index >= 15 is 0 Å². The van der Waals surface area contributed by atoms with Crippen LogP contribution in [0.1, 0.15) is 54.4 Å². The van der Waals surface area contributed by atoms with Crippen LogP contribution >= 0.6 is 0 Å². The number of nitrogens with one attached hydrogen (secondary N) is 1. The molecule has 0 unspecified atom stereocenters. The van der Waals surface area contributed by atoms with Gasteiger partial charge < -0.3 is 5.32 Å². The molecule has 0 bridgehead atoms. The number of rotatable bonds is 4. The molecular weight excluding hydrogens is 158 g/mol. The standard InChI is InChI=1S/C12H25N/c1-7-9(8-2)13-10-11(3,4)12(10,5)6/h9-10,13H,7-8H2,1-6H3. The Labute approximate surface area is 83.3 Å². The summed E-state index contributed by atoms with van der Waals surface area (Å²) in [5.74, 6) is 0. The second kappa shape index (κ2) is 3.27. The van der Waals surface area contributed by atoms with E-state index in [9.17, 15) is 0 Å². The summed E-state index contributed by atoms with van der Waals surface area (Å²) in [6.45, 7) is 14.0. The Morgan fingerprint density at radius 1 is 1.00 bits per heavy atom. The maximum atomic E-state index is 3.77. The molecule has 78 valence electrons. The summed E-state index contributed by atoms with van der Waals surface area (Å²) in [6.07, 6.45) is 2.50. The Balaban J connectivity index is 2.49.